The average molecular weight is 289 g/mol. The predicted octanol–water partition coefficient (Wildman–Crippen LogP) is 3.30. The smallest absolute Gasteiger partial charge is 0.165 e. The first-order valence-electron chi connectivity index (χ1n) is 6.89. The van der Waals surface area contributed by atoms with Crippen LogP contribution in [0, 0.1) is 5.82 Å². The van der Waals surface area contributed by atoms with Crippen LogP contribution in [0.3, 0.4) is 0 Å². The number of hydrogen-bond donors (Lipinski definition) is 1. The van der Waals surface area contributed by atoms with E-state index < -0.39 is 0 Å². The van der Waals surface area contributed by atoms with Crippen LogP contribution in [0.2, 0.25) is 0 Å². The Kier molecular flexibility index (Phi) is 5.17. The van der Waals surface area contributed by atoms with Crippen LogP contribution in [0.25, 0.3) is 0 Å². The molecule has 4 heteroatoms. The number of benzene rings is 2. The van der Waals surface area contributed by atoms with Crippen LogP contribution in [0.1, 0.15) is 18.1 Å². The second-order valence-electron chi connectivity index (χ2n) is 5.05. The molecule has 0 bridgehead atoms. The Morgan fingerprint density at radius 3 is 2.57 bits per heavy atom. The van der Waals surface area contributed by atoms with Crippen molar-refractivity contribution in [1.82, 2.24) is 0 Å². The first-order chi connectivity index (χ1) is 10.1. The van der Waals surface area contributed by atoms with Crippen molar-refractivity contribution < 1.29 is 13.9 Å². The molecule has 1 atom stereocenters. The third-order valence-electron chi connectivity index (χ3n) is 3.12. The molecule has 2 aromatic carbocycles. The third-order valence-corrected chi connectivity index (χ3v) is 3.12. The summed E-state index contributed by atoms with van der Waals surface area (Å²) < 4.78 is 24.4. The van der Waals surface area contributed by atoms with Gasteiger partial charge in [-0.05, 0) is 43.2 Å². The van der Waals surface area contributed by atoms with Crippen molar-refractivity contribution in [2.75, 3.05) is 7.11 Å². The van der Waals surface area contributed by atoms with Gasteiger partial charge in [0.25, 0.3) is 0 Å². The standard InChI is InChI=1S/C17H20FNO2/c1-12(19)9-13-7-8-16(20-2)14(10-13)11-21-17-6-4-3-5-15(17)18/h3-8,10,12H,9,11,19H2,1-2H3. The summed E-state index contributed by atoms with van der Waals surface area (Å²) in [5.74, 6) is 0.583. The molecule has 0 aromatic heterocycles. The van der Waals surface area contributed by atoms with Gasteiger partial charge in [-0.2, -0.15) is 0 Å². The zero-order valence-corrected chi connectivity index (χ0v) is 12.3. The molecule has 3 nitrogen and oxygen atoms in total. The van der Waals surface area contributed by atoms with Gasteiger partial charge in [0.1, 0.15) is 12.4 Å². The van der Waals surface area contributed by atoms with Crippen molar-refractivity contribution in [2.24, 2.45) is 5.73 Å². The fourth-order valence-electron chi connectivity index (χ4n) is 2.16. The van der Waals surface area contributed by atoms with Gasteiger partial charge in [0.2, 0.25) is 0 Å². The Balaban J connectivity index is 2.15. The van der Waals surface area contributed by atoms with Crippen molar-refractivity contribution in [1.29, 1.82) is 0 Å². The fraction of sp³-hybridized carbons (Fsp3) is 0.294. The van der Waals surface area contributed by atoms with E-state index in [9.17, 15) is 4.39 Å². The minimum Gasteiger partial charge on any atom is -0.496 e. The molecule has 0 radical (unpaired) electrons. The number of rotatable bonds is 6. The van der Waals surface area contributed by atoms with Crippen molar-refractivity contribution in [3.8, 4) is 11.5 Å². The van der Waals surface area contributed by atoms with Gasteiger partial charge in [-0.1, -0.05) is 18.2 Å². The molecule has 1 unspecified atom stereocenters. The Morgan fingerprint density at radius 1 is 1.14 bits per heavy atom. The SMILES string of the molecule is COc1ccc(CC(C)N)cc1COc1ccccc1F. The highest BCUT2D eigenvalue weighted by atomic mass is 19.1. The molecule has 0 fully saturated rings. The first-order valence-corrected chi connectivity index (χ1v) is 6.89. The zero-order chi connectivity index (χ0) is 15.2. The van der Waals surface area contributed by atoms with E-state index in [-0.39, 0.29) is 24.2 Å². The second-order valence-corrected chi connectivity index (χ2v) is 5.05. The van der Waals surface area contributed by atoms with E-state index in [0.717, 1.165) is 23.3 Å². The molecule has 0 saturated carbocycles. The van der Waals surface area contributed by atoms with Crippen LogP contribution in [0.15, 0.2) is 42.5 Å². The lowest BCUT2D eigenvalue weighted by Crippen LogP contribution is -2.17. The maximum atomic E-state index is 13.6. The molecule has 0 aliphatic heterocycles. The summed E-state index contributed by atoms with van der Waals surface area (Å²) in [7, 11) is 1.60. The summed E-state index contributed by atoms with van der Waals surface area (Å²) in [5, 5.41) is 0. The van der Waals surface area contributed by atoms with E-state index >= 15 is 0 Å². The molecule has 2 aromatic rings. The Morgan fingerprint density at radius 2 is 1.90 bits per heavy atom. The predicted molar refractivity (Wildman–Crippen MR) is 81.1 cm³/mol. The van der Waals surface area contributed by atoms with E-state index in [1.54, 1.807) is 25.3 Å². The monoisotopic (exact) mass is 289 g/mol. The van der Waals surface area contributed by atoms with Crippen LogP contribution in [0.4, 0.5) is 4.39 Å². The van der Waals surface area contributed by atoms with Crippen LogP contribution in [-0.4, -0.2) is 13.2 Å². The van der Waals surface area contributed by atoms with Crippen molar-refractivity contribution >= 4 is 0 Å². The summed E-state index contributed by atoms with van der Waals surface area (Å²) in [6.07, 6.45) is 0.774. The van der Waals surface area contributed by atoms with Gasteiger partial charge in [-0.15, -0.1) is 0 Å². The molecular weight excluding hydrogens is 269 g/mol. The quantitative estimate of drug-likeness (QED) is 0.887. The number of ether oxygens (including phenoxy) is 2. The van der Waals surface area contributed by atoms with Gasteiger partial charge in [0.15, 0.2) is 11.6 Å². The minimum atomic E-state index is -0.372. The van der Waals surface area contributed by atoms with Gasteiger partial charge in [0.05, 0.1) is 7.11 Å². The zero-order valence-electron chi connectivity index (χ0n) is 12.3. The first kappa shape index (κ1) is 15.3. The Hall–Kier alpha value is -2.07. The molecule has 2 N–H and O–H groups in total. The molecule has 112 valence electrons. The number of hydrogen-bond acceptors (Lipinski definition) is 3. The number of methoxy groups -OCH3 is 1. The average Bonchev–Trinajstić information content (AvgIpc) is 2.46. The highest BCUT2D eigenvalue weighted by Crippen LogP contribution is 2.24. The summed E-state index contributed by atoms with van der Waals surface area (Å²) in [5.41, 5.74) is 7.80. The molecule has 0 heterocycles. The molecular formula is C17H20FNO2. The normalized spacial score (nSPS) is 12.0. The Labute approximate surface area is 124 Å². The largest absolute Gasteiger partial charge is 0.496 e. The molecule has 0 amide bonds. The minimum absolute atomic E-state index is 0.0822. The summed E-state index contributed by atoms with van der Waals surface area (Å²) >= 11 is 0. The molecule has 0 saturated heterocycles. The van der Waals surface area contributed by atoms with Gasteiger partial charge >= 0.3 is 0 Å². The topological polar surface area (TPSA) is 44.5 Å². The van der Waals surface area contributed by atoms with Crippen LogP contribution in [0.5, 0.6) is 11.5 Å². The number of halogens is 1. The van der Waals surface area contributed by atoms with E-state index in [1.807, 2.05) is 25.1 Å². The van der Waals surface area contributed by atoms with Gasteiger partial charge in [0, 0.05) is 11.6 Å². The summed E-state index contributed by atoms with van der Waals surface area (Å²) in [6.45, 7) is 2.21. The van der Waals surface area contributed by atoms with Crippen LogP contribution < -0.4 is 15.2 Å². The van der Waals surface area contributed by atoms with E-state index in [0.29, 0.717) is 0 Å². The van der Waals surface area contributed by atoms with Crippen LogP contribution in [-0.2, 0) is 13.0 Å². The maximum absolute atomic E-state index is 13.6. The van der Waals surface area contributed by atoms with Gasteiger partial charge < -0.3 is 15.2 Å². The fourth-order valence-corrected chi connectivity index (χ4v) is 2.16. The highest BCUT2D eigenvalue weighted by Gasteiger charge is 2.08. The lowest BCUT2D eigenvalue weighted by atomic mass is 10.0. The van der Waals surface area contributed by atoms with E-state index in [1.165, 1.54) is 6.07 Å². The van der Waals surface area contributed by atoms with Crippen molar-refractivity contribution in [3.05, 3.63) is 59.4 Å². The van der Waals surface area contributed by atoms with Crippen LogP contribution >= 0.6 is 0 Å². The Bertz CT molecular complexity index is 599. The van der Waals surface area contributed by atoms with E-state index in [2.05, 4.69) is 0 Å². The molecule has 0 aliphatic rings. The summed E-state index contributed by atoms with van der Waals surface area (Å²) in [6, 6.07) is 12.3. The molecule has 21 heavy (non-hydrogen) atoms. The molecule has 0 aliphatic carbocycles. The summed E-state index contributed by atoms with van der Waals surface area (Å²) in [4.78, 5) is 0. The lowest BCUT2D eigenvalue weighted by molar-refractivity contribution is 0.282. The number of nitrogens with two attached hydrogens (primary N) is 1. The van der Waals surface area contributed by atoms with Crippen molar-refractivity contribution in [3.63, 3.8) is 0 Å². The van der Waals surface area contributed by atoms with E-state index in [4.69, 9.17) is 15.2 Å². The lowest BCUT2D eigenvalue weighted by Gasteiger charge is -2.13. The van der Waals surface area contributed by atoms with Gasteiger partial charge in [-0.25, -0.2) is 4.39 Å². The second kappa shape index (κ2) is 7.09. The third kappa shape index (κ3) is 4.20. The number of para-hydroxylation sites is 1. The van der Waals surface area contributed by atoms with Gasteiger partial charge in [-0.3, -0.25) is 0 Å². The molecule has 2 rings (SSSR count). The highest BCUT2D eigenvalue weighted by molar-refractivity contribution is 5.37. The maximum Gasteiger partial charge on any atom is 0.165 e. The molecule has 0 spiro atoms. The van der Waals surface area contributed by atoms with Crippen molar-refractivity contribution in [2.45, 2.75) is 26.0 Å².